The molecule has 30 heavy (non-hydrogen) atoms. The number of rotatable bonds is 12. The van der Waals surface area contributed by atoms with Gasteiger partial charge in [0.2, 0.25) is 11.8 Å². The lowest BCUT2D eigenvalue weighted by Gasteiger charge is -2.30. The molecule has 0 radical (unpaired) electrons. The number of hydrogen-bond acceptors (Lipinski definition) is 4. The zero-order valence-electron chi connectivity index (χ0n) is 18.2. The topological polar surface area (TPSA) is 61.4 Å². The molecule has 0 aliphatic carbocycles. The van der Waals surface area contributed by atoms with Crippen molar-refractivity contribution in [1.29, 1.82) is 0 Å². The molecule has 6 heteroatoms. The summed E-state index contributed by atoms with van der Waals surface area (Å²) in [5, 5.41) is 5.90. The number of anilines is 1. The fraction of sp³-hybridized carbons (Fsp3) is 0.417. The van der Waals surface area contributed by atoms with Crippen LogP contribution < -0.4 is 10.6 Å². The van der Waals surface area contributed by atoms with Crippen LogP contribution in [0.5, 0.6) is 0 Å². The van der Waals surface area contributed by atoms with Crippen molar-refractivity contribution in [3.05, 3.63) is 65.7 Å². The first kappa shape index (κ1) is 24.0. The molecule has 162 valence electrons. The second-order valence-corrected chi connectivity index (χ2v) is 8.26. The average Bonchev–Trinajstić information content (AvgIpc) is 2.75. The number of benzene rings is 2. The summed E-state index contributed by atoms with van der Waals surface area (Å²) in [5.41, 5.74) is 3.19. The number of likely N-dealkylation sites (N-methyl/N-ethyl adjacent to an activating group) is 1. The van der Waals surface area contributed by atoms with Crippen molar-refractivity contribution >= 4 is 29.3 Å². The molecule has 0 fully saturated rings. The Hall–Kier alpha value is -2.31. The largest absolute Gasteiger partial charge is 0.354 e. The van der Waals surface area contributed by atoms with Crippen molar-refractivity contribution in [3.63, 3.8) is 0 Å². The van der Waals surface area contributed by atoms with Crippen molar-refractivity contribution < 1.29 is 9.59 Å². The van der Waals surface area contributed by atoms with Gasteiger partial charge in [0.15, 0.2) is 0 Å². The molecule has 0 saturated carbocycles. The summed E-state index contributed by atoms with van der Waals surface area (Å²) in [6.07, 6.45) is 0.898. The number of nitrogens with one attached hydrogen (secondary N) is 2. The molecular weight excluding hydrogens is 394 g/mol. The van der Waals surface area contributed by atoms with Crippen LogP contribution in [-0.4, -0.2) is 53.9 Å². The maximum atomic E-state index is 12.3. The third kappa shape index (κ3) is 8.59. The molecule has 1 atom stereocenters. The van der Waals surface area contributed by atoms with Crippen molar-refractivity contribution in [3.8, 4) is 0 Å². The number of nitrogens with zero attached hydrogens (tertiary/aromatic N) is 1. The van der Waals surface area contributed by atoms with Crippen molar-refractivity contribution in [2.75, 3.05) is 36.5 Å². The van der Waals surface area contributed by atoms with E-state index in [1.165, 1.54) is 17.3 Å². The summed E-state index contributed by atoms with van der Waals surface area (Å²) >= 11 is 1.33. The molecule has 0 aromatic heterocycles. The second-order valence-electron chi connectivity index (χ2n) is 7.28. The van der Waals surface area contributed by atoms with Gasteiger partial charge in [-0.25, -0.2) is 0 Å². The van der Waals surface area contributed by atoms with Crippen LogP contribution in [0, 0.1) is 6.92 Å². The van der Waals surface area contributed by atoms with E-state index in [0.29, 0.717) is 6.54 Å². The second kappa shape index (κ2) is 13.1. The molecule has 0 spiro atoms. The summed E-state index contributed by atoms with van der Waals surface area (Å²) in [6, 6.07) is 18.3. The Morgan fingerprint density at radius 3 is 2.20 bits per heavy atom. The number of thioether (sulfide) groups is 1. The highest BCUT2D eigenvalue weighted by molar-refractivity contribution is 8.00. The SMILES string of the molecule is CCN(CC)C(CNC(=O)CSCC(=O)Nc1ccc(C)cc1)Cc1ccccc1. The Kier molecular flexibility index (Phi) is 10.5. The Labute approximate surface area is 184 Å². The summed E-state index contributed by atoms with van der Waals surface area (Å²) in [5.74, 6) is 0.401. The zero-order chi connectivity index (χ0) is 21.8. The maximum absolute atomic E-state index is 12.3. The van der Waals surface area contributed by atoms with Crippen molar-refractivity contribution in [2.45, 2.75) is 33.2 Å². The number of hydrogen-bond donors (Lipinski definition) is 2. The first-order valence-electron chi connectivity index (χ1n) is 10.5. The maximum Gasteiger partial charge on any atom is 0.234 e. The molecule has 0 saturated heterocycles. The predicted octanol–water partition coefficient (Wildman–Crippen LogP) is 3.74. The van der Waals surface area contributed by atoms with Crippen LogP contribution in [0.2, 0.25) is 0 Å². The van der Waals surface area contributed by atoms with Gasteiger partial charge in [0.1, 0.15) is 0 Å². The molecule has 0 bridgehead atoms. The van der Waals surface area contributed by atoms with Crippen LogP contribution in [0.25, 0.3) is 0 Å². The predicted molar refractivity (Wildman–Crippen MR) is 127 cm³/mol. The van der Waals surface area contributed by atoms with Gasteiger partial charge >= 0.3 is 0 Å². The molecule has 1 unspecified atom stereocenters. The summed E-state index contributed by atoms with van der Waals surface area (Å²) in [7, 11) is 0. The Balaban J connectivity index is 1.74. The summed E-state index contributed by atoms with van der Waals surface area (Å²) < 4.78 is 0. The molecule has 2 aromatic rings. The Bertz CT molecular complexity index is 777. The smallest absolute Gasteiger partial charge is 0.234 e. The lowest BCUT2D eigenvalue weighted by atomic mass is 10.0. The third-order valence-electron chi connectivity index (χ3n) is 4.98. The Morgan fingerprint density at radius 1 is 0.933 bits per heavy atom. The van der Waals surface area contributed by atoms with Gasteiger partial charge in [0.25, 0.3) is 0 Å². The van der Waals surface area contributed by atoms with E-state index >= 15 is 0 Å². The summed E-state index contributed by atoms with van der Waals surface area (Å²) in [6.45, 7) is 8.78. The van der Waals surface area contributed by atoms with E-state index < -0.39 is 0 Å². The minimum atomic E-state index is -0.0956. The van der Waals surface area contributed by atoms with Gasteiger partial charge in [-0.2, -0.15) is 0 Å². The molecule has 2 aromatic carbocycles. The molecule has 0 heterocycles. The lowest BCUT2D eigenvalue weighted by Crippen LogP contribution is -2.45. The lowest BCUT2D eigenvalue weighted by molar-refractivity contribution is -0.118. The Morgan fingerprint density at radius 2 is 1.57 bits per heavy atom. The normalized spacial score (nSPS) is 11.9. The number of carbonyl (C=O) groups is 2. The fourth-order valence-corrected chi connectivity index (χ4v) is 3.96. The first-order valence-corrected chi connectivity index (χ1v) is 11.7. The van der Waals surface area contributed by atoms with Gasteiger partial charge in [0, 0.05) is 18.3 Å². The molecule has 0 aliphatic rings. The molecular formula is C24H33N3O2S. The highest BCUT2D eigenvalue weighted by Gasteiger charge is 2.17. The number of amides is 2. The van der Waals surface area contributed by atoms with E-state index in [1.54, 1.807) is 0 Å². The highest BCUT2D eigenvalue weighted by atomic mass is 32.2. The van der Waals surface area contributed by atoms with Crippen LogP contribution in [0.4, 0.5) is 5.69 Å². The average molecular weight is 428 g/mol. The monoisotopic (exact) mass is 427 g/mol. The van der Waals surface area contributed by atoms with E-state index in [2.05, 4.69) is 41.5 Å². The van der Waals surface area contributed by atoms with Crippen LogP contribution in [0.1, 0.15) is 25.0 Å². The van der Waals surface area contributed by atoms with Crippen LogP contribution in [0.15, 0.2) is 54.6 Å². The number of carbonyl (C=O) groups excluding carboxylic acids is 2. The summed E-state index contributed by atoms with van der Waals surface area (Å²) in [4.78, 5) is 26.7. The van der Waals surface area contributed by atoms with Gasteiger partial charge < -0.3 is 10.6 Å². The fourth-order valence-electron chi connectivity index (χ4n) is 3.31. The molecule has 0 aliphatic heterocycles. The third-order valence-corrected chi connectivity index (χ3v) is 5.91. The van der Waals surface area contributed by atoms with Crippen LogP contribution in [0.3, 0.4) is 0 Å². The number of aryl methyl sites for hydroxylation is 1. The van der Waals surface area contributed by atoms with E-state index in [-0.39, 0.29) is 29.4 Å². The van der Waals surface area contributed by atoms with Gasteiger partial charge in [-0.05, 0) is 44.1 Å². The van der Waals surface area contributed by atoms with E-state index in [4.69, 9.17) is 0 Å². The van der Waals surface area contributed by atoms with Gasteiger partial charge in [0.05, 0.1) is 11.5 Å². The van der Waals surface area contributed by atoms with Gasteiger partial charge in [-0.3, -0.25) is 14.5 Å². The first-order chi connectivity index (χ1) is 14.5. The molecule has 2 amide bonds. The zero-order valence-corrected chi connectivity index (χ0v) is 19.0. The van der Waals surface area contributed by atoms with E-state index in [0.717, 1.165) is 30.8 Å². The van der Waals surface area contributed by atoms with Gasteiger partial charge in [-0.1, -0.05) is 61.9 Å². The van der Waals surface area contributed by atoms with Crippen molar-refractivity contribution in [1.82, 2.24) is 10.2 Å². The van der Waals surface area contributed by atoms with E-state index in [9.17, 15) is 9.59 Å². The van der Waals surface area contributed by atoms with E-state index in [1.807, 2.05) is 49.4 Å². The standard InChI is InChI=1S/C24H33N3O2S/c1-4-27(5-2)22(15-20-9-7-6-8-10-20)16-25-23(28)17-30-18-24(29)26-21-13-11-19(3)12-14-21/h6-14,22H,4-5,15-18H2,1-3H3,(H,25,28)(H,26,29). The molecule has 2 N–H and O–H groups in total. The van der Waals surface area contributed by atoms with Crippen LogP contribution >= 0.6 is 11.8 Å². The minimum absolute atomic E-state index is 0.0339. The highest BCUT2D eigenvalue weighted by Crippen LogP contribution is 2.11. The molecule has 5 nitrogen and oxygen atoms in total. The van der Waals surface area contributed by atoms with Crippen LogP contribution in [-0.2, 0) is 16.0 Å². The molecule has 2 rings (SSSR count). The minimum Gasteiger partial charge on any atom is -0.354 e. The quantitative estimate of drug-likeness (QED) is 0.542. The van der Waals surface area contributed by atoms with Gasteiger partial charge in [-0.15, -0.1) is 11.8 Å². The van der Waals surface area contributed by atoms with Crippen molar-refractivity contribution in [2.24, 2.45) is 0 Å².